The number of H-pyrrole nitrogens is 1. The van der Waals surface area contributed by atoms with Crippen molar-refractivity contribution in [3.05, 3.63) is 70.4 Å². The third kappa shape index (κ3) is 4.52. The zero-order valence-electron chi connectivity index (χ0n) is 25.5. The first-order chi connectivity index (χ1) is 21.6. The lowest BCUT2D eigenvalue weighted by Gasteiger charge is -2.42. The van der Waals surface area contributed by atoms with Gasteiger partial charge in [0.2, 0.25) is 11.9 Å². The van der Waals surface area contributed by atoms with Crippen molar-refractivity contribution in [2.75, 3.05) is 56.8 Å². The van der Waals surface area contributed by atoms with Crippen molar-refractivity contribution in [1.29, 1.82) is 0 Å². The normalized spacial score (nSPS) is 17.1. The number of pyridine rings is 1. The average molecular weight is 612 g/mol. The molecule has 1 atom stereocenters. The van der Waals surface area contributed by atoms with Crippen LogP contribution in [0.1, 0.15) is 24.8 Å². The predicted octanol–water partition coefficient (Wildman–Crippen LogP) is 3.22. The van der Waals surface area contributed by atoms with Crippen LogP contribution >= 0.6 is 0 Å². The molecule has 3 N–H and O–H groups in total. The fourth-order valence-electron chi connectivity index (χ4n) is 6.62. The first-order valence-corrected chi connectivity index (χ1v) is 14.8. The number of ether oxygens (including phenoxy) is 1. The van der Waals surface area contributed by atoms with Gasteiger partial charge < -0.3 is 25.2 Å². The maximum atomic E-state index is 14.0. The van der Waals surface area contributed by atoms with E-state index in [9.17, 15) is 14.0 Å². The minimum Gasteiger partial charge on any atom is -0.484 e. The SMILES string of the molecule is CN(C)C(=O)C1(c2ccc(-n3c(=O)c4c(N)n[nH]c4c4cnc(N(C)CC5CN(C)c6ccc(F)cc6O5)nc43)cc2)CCC1. The minimum absolute atomic E-state index is 0.0823. The van der Waals surface area contributed by atoms with Crippen LogP contribution in [0, 0.1) is 5.82 Å². The molecule has 5 aromatic rings. The molecule has 0 spiro atoms. The Morgan fingerprint density at radius 1 is 1.18 bits per heavy atom. The summed E-state index contributed by atoms with van der Waals surface area (Å²) in [6, 6.07) is 12.0. The van der Waals surface area contributed by atoms with Crippen molar-refractivity contribution in [3.63, 3.8) is 0 Å². The van der Waals surface area contributed by atoms with Crippen molar-refractivity contribution < 1.29 is 13.9 Å². The maximum Gasteiger partial charge on any atom is 0.270 e. The predicted molar refractivity (Wildman–Crippen MR) is 171 cm³/mol. The Hall–Kier alpha value is -5.20. The lowest BCUT2D eigenvalue weighted by Crippen LogP contribution is -2.48. The summed E-state index contributed by atoms with van der Waals surface area (Å²) in [7, 11) is 7.33. The molecule has 1 fully saturated rings. The summed E-state index contributed by atoms with van der Waals surface area (Å²) in [4.78, 5) is 42.1. The quantitative estimate of drug-likeness (QED) is 0.296. The second kappa shape index (κ2) is 10.5. The first kappa shape index (κ1) is 28.6. The van der Waals surface area contributed by atoms with E-state index < -0.39 is 5.41 Å². The molecule has 0 radical (unpaired) electrons. The molecule has 2 aliphatic rings. The van der Waals surface area contributed by atoms with Crippen molar-refractivity contribution in [2.45, 2.75) is 30.8 Å². The number of fused-ring (bicyclic) bond motifs is 4. The largest absolute Gasteiger partial charge is 0.484 e. The topological polar surface area (TPSA) is 138 Å². The monoisotopic (exact) mass is 611 g/mol. The molecule has 232 valence electrons. The molecule has 45 heavy (non-hydrogen) atoms. The lowest BCUT2D eigenvalue weighted by molar-refractivity contribution is -0.138. The van der Waals surface area contributed by atoms with E-state index >= 15 is 0 Å². The molecule has 1 amide bonds. The molecule has 1 saturated carbocycles. The Morgan fingerprint density at radius 3 is 2.62 bits per heavy atom. The number of amides is 1. The van der Waals surface area contributed by atoms with E-state index in [0.717, 1.165) is 30.5 Å². The Bertz CT molecular complexity index is 2020. The number of nitrogens with zero attached hydrogens (tertiary/aromatic N) is 7. The van der Waals surface area contributed by atoms with E-state index in [2.05, 4.69) is 15.2 Å². The Balaban J connectivity index is 1.28. The van der Waals surface area contributed by atoms with Crippen molar-refractivity contribution in [3.8, 4) is 11.4 Å². The van der Waals surface area contributed by atoms with E-state index in [0.29, 0.717) is 47.0 Å². The molecule has 4 heterocycles. The highest BCUT2D eigenvalue weighted by molar-refractivity contribution is 6.06. The van der Waals surface area contributed by atoms with Crippen LogP contribution in [0.3, 0.4) is 0 Å². The second-order valence-corrected chi connectivity index (χ2v) is 12.2. The summed E-state index contributed by atoms with van der Waals surface area (Å²) >= 11 is 0. The van der Waals surface area contributed by atoms with Crippen LogP contribution in [-0.2, 0) is 10.2 Å². The van der Waals surface area contributed by atoms with Crippen LogP contribution in [0.2, 0.25) is 0 Å². The van der Waals surface area contributed by atoms with Gasteiger partial charge in [-0.15, -0.1) is 0 Å². The first-order valence-electron chi connectivity index (χ1n) is 14.8. The van der Waals surface area contributed by atoms with Gasteiger partial charge in [-0.3, -0.25) is 19.3 Å². The number of nitrogens with two attached hydrogens (primary N) is 1. The van der Waals surface area contributed by atoms with Gasteiger partial charge in [-0.05, 0) is 42.7 Å². The van der Waals surface area contributed by atoms with Crippen LogP contribution in [0.15, 0.2) is 53.5 Å². The number of rotatable bonds is 6. The highest BCUT2D eigenvalue weighted by atomic mass is 19.1. The summed E-state index contributed by atoms with van der Waals surface area (Å²) in [5.74, 6) is 0.662. The molecular weight excluding hydrogens is 577 g/mol. The van der Waals surface area contributed by atoms with Crippen LogP contribution in [0.5, 0.6) is 5.75 Å². The maximum absolute atomic E-state index is 14.0. The number of hydrogen-bond acceptors (Lipinski definition) is 9. The number of likely N-dealkylation sites (N-methyl/N-ethyl adjacent to an activating group) is 3. The Labute approximate surface area is 258 Å². The molecule has 1 aliphatic heterocycles. The van der Waals surface area contributed by atoms with Gasteiger partial charge in [-0.1, -0.05) is 18.6 Å². The van der Waals surface area contributed by atoms with Crippen molar-refractivity contribution in [1.82, 2.24) is 29.6 Å². The second-order valence-electron chi connectivity index (χ2n) is 12.2. The summed E-state index contributed by atoms with van der Waals surface area (Å²) in [5, 5.41) is 7.79. The summed E-state index contributed by atoms with van der Waals surface area (Å²) in [6.45, 7) is 0.992. The number of carbonyl (C=O) groups is 1. The summed E-state index contributed by atoms with van der Waals surface area (Å²) in [5.41, 5.74) is 8.36. The molecule has 3 aromatic heterocycles. The molecule has 1 unspecified atom stereocenters. The van der Waals surface area contributed by atoms with Crippen LogP contribution < -0.4 is 25.8 Å². The fraction of sp³-hybridized carbons (Fsp3) is 0.344. The number of anilines is 3. The number of aromatic amines is 1. The number of halogens is 1. The zero-order chi connectivity index (χ0) is 31.6. The average Bonchev–Trinajstić information content (AvgIpc) is 3.38. The van der Waals surface area contributed by atoms with E-state index in [-0.39, 0.29) is 34.6 Å². The smallest absolute Gasteiger partial charge is 0.270 e. The highest BCUT2D eigenvalue weighted by Gasteiger charge is 2.46. The third-order valence-corrected chi connectivity index (χ3v) is 9.07. The van der Waals surface area contributed by atoms with Gasteiger partial charge in [0.1, 0.15) is 23.1 Å². The third-order valence-electron chi connectivity index (χ3n) is 9.07. The van der Waals surface area contributed by atoms with Crippen LogP contribution in [0.25, 0.3) is 27.6 Å². The number of nitrogen functional groups attached to an aromatic ring is 1. The van der Waals surface area contributed by atoms with E-state index in [1.807, 2.05) is 48.2 Å². The molecule has 7 rings (SSSR count). The van der Waals surface area contributed by atoms with Gasteiger partial charge in [0, 0.05) is 40.5 Å². The van der Waals surface area contributed by atoms with Gasteiger partial charge in [-0.2, -0.15) is 10.1 Å². The van der Waals surface area contributed by atoms with E-state index in [1.165, 1.54) is 16.7 Å². The molecule has 2 aromatic carbocycles. The van der Waals surface area contributed by atoms with Gasteiger partial charge >= 0.3 is 0 Å². The number of nitrogens with one attached hydrogen (secondary N) is 1. The number of carbonyl (C=O) groups excluding carboxylic acids is 1. The van der Waals surface area contributed by atoms with E-state index in [1.54, 1.807) is 31.3 Å². The minimum atomic E-state index is -0.548. The Kier molecular flexibility index (Phi) is 6.64. The highest BCUT2D eigenvalue weighted by Crippen LogP contribution is 2.45. The molecule has 13 heteroatoms. The fourth-order valence-corrected chi connectivity index (χ4v) is 6.62. The molecule has 1 aliphatic carbocycles. The standard InChI is InChI=1S/C32H34FN9O3/c1-39(2)30(44)32(12-5-13-32)18-6-9-20(10-7-18)42-28-22(26-25(29(42)43)27(34)38-37-26)15-35-31(36-28)41(4)17-21-16-40(3)23-11-8-19(33)14-24(23)45-21/h6-11,14-15,21H,5,12-13,16-17H2,1-4H3,(H3,34,37,38). The van der Waals surface area contributed by atoms with Gasteiger partial charge in [0.15, 0.2) is 11.5 Å². The summed E-state index contributed by atoms with van der Waals surface area (Å²) < 4.78 is 21.6. The Morgan fingerprint density at radius 2 is 1.93 bits per heavy atom. The van der Waals surface area contributed by atoms with Crippen molar-refractivity contribution in [2.24, 2.45) is 0 Å². The van der Waals surface area contributed by atoms with Crippen LogP contribution in [0.4, 0.5) is 21.8 Å². The van der Waals surface area contributed by atoms with Gasteiger partial charge in [0.05, 0.1) is 40.8 Å². The molecule has 12 nitrogen and oxygen atoms in total. The van der Waals surface area contributed by atoms with Crippen LogP contribution in [-0.4, -0.2) is 82.9 Å². The molecule has 0 saturated heterocycles. The number of benzene rings is 2. The molecule has 0 bridgehead atoms. The van der Waals surface area contributed by atoms with Gasteiger partial charge in [0.25, 0.3) is 5.56 Å². The van der Waals surface area contributed by atoms with Crippen molar-refractivity contribution >= 4 is 45.3 Å². The van der Waals surface area contributed by atoms with E-state index in [4.69, 9.17) is 15.5 Å². The van der Waals surface area contributed by atoms with Gasteiger partial charge in [-0.25, -0.2) is 9.37 Å². The zero-order valence-corrected chi connectivity index (χ0v) is 25.5. The number of hydrogen-bond donors (Lipinski definition) is 2. The summed E-state index contributed by atoms with van der Waals surface area (Å²) in [6.07, 6.45) is 3.92. The molecular formula is C32H34FN9O3. The lowest BCUT2D eigenvalue weighted by atomic mass is 9.63. The number of aromatic nitrogens is 5.